The third-order valence-electron chi connectivity index (χ3n) is 6.02. The molecule has 0 spiro atoms. The Bertz CT molecular complexity index is 1470. The van der Waals surface area contributed by atoms with Crippen molar-refractivity contribution in [1.29, 1.82) is 0 Å². The first-order valence-corrected chi connectivity index (χ1v) is 13.5. The number of amides is 1. The second-order valence-electron chi connectivity index (χ2n) is 9.24. The highest BCUT2D eigenvalue weighted by Crippen LogP contribution is 2.35. The van der Waals surface area contributed by atoms with Crippen molar-refractivity contribution >= 4 is 43.2 Å². The Hall–Kier alpha value is -2.77. The SMILES string of the molecule is Cc1sc2ncn(CC(=O)Nc3cccc(C(F)(F)F)c3)c(=O)c2c1S(=O)(=O)N1C[C@@H](C)C[C@H](C)C1. The Labute approximate surface area is 209 Å². The molecule has 0 saturated carbocycles. The summed E-state index contributed by atoms with van der Waals surface area (Å²) in [4.78, 5) is 30.6. The molecular formula is C23H25F3N4O4S2. The number of anilines is 1. The van der Waals surface area contributed by atoms with E-state index in [1.807, 2.05) is 13.8 Å². The molecule has 36 heavy (non-hydrogen) atoms. The van der Waals surface area contributed by atoms with E-state index in [0.29, 0.717) is 18.0 Å². The number of aromatic nitrogens is 2. The molecule has 1 aliphatic heterocycles. The fraction of sp³-hybridized carbons (Fsp3) is 0.435. The zero-order valence-corrected chi connectivity index (χ0v) is 21.4. The predicted octanol–water partition coefficient (Wildman–Crippen LogP) is 4.09. The van der Waals surface area contributed by atoms with Gasteiger partial charge in [-0.15, -0.1) is 11.3 Å². The number of alkyl halides is 3. The number of rotatable bonds is 5. The number of piperidine rings is 1. The number of thiophene rings is 1. The van der Waals surface area contributed by atoms with Crippen LogP contribution >= 0.6 is 11.3 Å². The highest BCUT2D eigenvalue weighted by Gasteiger charge is 2.36. The van der Waals surface area contributed by atoms with Crippen LogP contribution in [-0.4, -0.2) is 41.3 Å². The molecule has 0 bridgehead atoms. The lowest BCUT2D eigenvalue weighted by atomic mass is 9.94. The number of halogens is 3. The van der Waals surface area contributed by atoms with Crippen molar-refractivity contribution in [2.24, 2.45) is 11.8 Å². The lowest BCUT2D eigenvalue weighted by Gasteiger charge is -2.34. The number of nitrogens with one attached hydrogen (secondary N) is 1. The molecule has 1 amide bonds. The van der Waals surface area contributed by atoms with E-state index in [0.717, 1.165) is 46.9 Å². The van der Waals surface area contributed by atoms with Crippen LogP contribution in [0.4, 0.5) is 18.9 Å². The maximum atomic E-state index is 13.6. The number of aryl methyl sites for hydroxylation is 1. The van der Waals surface area contributed by atoms with Crippen LogP contribution in [0.25, 0.3) is 10.2 Å². The van der Waals surface area contributed by atoms with Gasteiger partial charge in [-0.25, -0.2) is 13.4 Å². The van der Waals surface area contributed by atoms with E-state index in [4.69, 9.17) is 0 Å². The molecule has 2 aromatic heterocycles. The molecule has 1 aromatic carbocycles. The van der Waals surface area contributed by atoms with Crippen LogP contribution in [0.2, 0.25) is 0 Å². The molecule has 1 saturated heterocycles. The molecule has 3 heterocycles. The fourth-order valence-electron chi connectivity index (χ4n) is 4.60. The average Bonchev–Trinajstić information content (AvgIpc) is 3.12. The maximum absolute atomic E-state index is 13.6. The third-order valence-corrected chi connectivity index (χ3v) is 9.17. The summed E-state index contributed by atoms with van der Waals surface area (Å²) in [6.45, 7) is 5.71. The molecule has 194 valence electrons. The van der Waals surface area contributed by atoms with Crippen molar-refractivity contribution < 1.29 is 26.4 Å². The zero-order valence-electron chi connectivity index (χ0n) is 19.8. The van der Waals surface area contributed by atoms with E-state index in [2.05, 4.69) is 10.3 Å². The van der Waals surface area contributed by atoms with E-state index in [1.54, 1.807) is 6.92 Å². The molecule has 1 aliphatic rings. The topological polar surface area (TPSA) is 101 Å². The van der Waals surface area contributed by atoms with Crippen LogP contribution in [0.15, 0.2) is 40.3 Å². The minimum absolute atomic E-state index is 0.0834. The van der Waals surface area contributed by atoms with Crippen LogP contribution in [0.5, 0.6) is 0 Å². The molecule has 0 radical (unpaired) electrons. The van der Waals surface area contributed by atoms with Crippen LogP contribution in [0, 0.1) is 18.8 Å². The van der Waals surface area contributed by atoms with Crippen molar-refractivity contribution in [3.05, 3.63) is 51.4 Å². The number of nitrogens with zero attached hydrogens (tertiary/aromatic N) is 3. The molecule has 13 heteroatoms. The van der Waals surface area contributed by atoms with Crippen LogP contribution in [0.1, 0.15) is 30.7 Å². The molecule has 2 atom stereocenters. The van der Waals surface area contributed by atoms with Gasteiger partial charge in [0.2, 0.25) is 15.9 Å². The molecule has 4 rings (SSSR count). The van der Waals surface area contributed by atoms with Gasteiger partial charge in [-0.1, -0.05) is 19.9 Å². The average molecular weight is 543 g/mol. The number of sulfonamides is 1. The monoisotopic (exact) mass is 542 g/mol. The number of hydrogen-bond donors (Lipinski definition) is 1. The van der Waals surface area contributed by atoms with Gasteiger partial charge in [0.15, 0.2) is 0 Å². The third kappa shape index (κ3) is 5.18. The lowest BCUT2D eigenvalue weighted by molar-refractivity contribution is -0.137. The minimum atomic E-state index is -4.57. The number of fused-ring (bicyclic) bond motifs is 1. The molecule has 1 N–H and O–H groups in total. The van der Waals surface area contributed by atoms with Gasteiger partial charge in [-0.3, -0.25) is 14.2 Å². The summed E-state index contributed by atoms with van der Waals surface area (Å²) in [5, 5.41) is 2.25. The standard InChI is InChI=1S/C23H25F3N4O4S2/c1-13-7-14(2)10-30(9-13)36(33,34)20-15(3)35-21-19(20)22(32)29(12-27-21)11-18(31)28-17-6-4-5-16(8-17)23(24,25)26/h4-6,8,12-14H,7,9-11H2,1-3H3,(H,28,31)/t13-,14-/m0/s1. The normalized spacial score (nSPS) is 19.5. The summed E-state index contributed by atoms with van der Waals surface area (Å²) in [5.41, 5.74) is -1.72. The number of hydrogen-bond acceptors (Lipinski definition) is 6. The Morgan fingerprint density at radius 1 is 1.22 bits per heavy atom. The number of carbonyl (C=O) groups excluding carboxylic acids is 1. The zero-order chi connectivity index (χ0) is 26.4. The maximum Gasteiger partial charge on any atom is 0.416 e. The molecule has 0 aliphatic carbocycles. The van der Waals surface area contributed by atoms with Crippen molar-refractivity contribution in [2.75, 3.05) is 18.4 Å². The van der Waals surface area contributed by atoms with Crippen LogP contribution < -0.4 is 10.9 Å². The van der Waals surface area contributed by atoms with E-state index in [9.17, 15) is 31.2 Å². The van der Waals surface area contributed by atoms with Gasteiger partial charge in [-0.05, 0) is 43.4 Å². The van der Waals surface area contributed by atoms with Crippen LogP contribution in [-0.2, 0) is 27.5 Å². The first-order chi connectivity index (χ1) is 16.8. The fourth-order valence-corrected chi connectivity index (χ4v) is 7.94. The van der Waals surface area contributed by atoms with E-state index in [-0.39, 0.29) is 32.6 Å². The van der Waals surface area contributed by atoms with Crippen molar-refractivity contribution in [3.8, 4) is 0 Å². The number of carbonyl (C=O) groups is 1. The Morgan fingerprint density at radius 3 is 2.53 bits per heavy atom. The van der Waals surface area contributed by atoms with Crippen molar-refractivity contribution in [2.45, 2.75) is 44.8 Å². The van der Waals surface area contributed by atoms with Crippen molar-refractivity contribution in [1.82, 2.24) is 13.9 Å². The van der Waals surface area contributed by atoms with Gasteiger partial charge < -0.3 is 5.32 Å². The van der Waals surface area contributed by atoms with Gasteiger partial charge in [-0.2, -0.15) is 17.5 Å². The Morgan fingerprint density at radius 2 is 1.89 bits per heavy atom. The van der Waals surface area contributed by atoms with E-state index in [1.165, 1.54) is 10.4 Å². The molecule has 0 unspecified atom stereocenters. The largest absolute Gasteiger partial charge is 0.416 e. The van der Waals surface area contributed by atoms with Gasteiger partial charge >= 0.3 is 6.18 Å². The summed E-state index contributed by atoms with van der Waals surface area (Å²) in [6, 6.07) is 4.12. The van der Waals surface area contributed by atoms with E-state index >= 15 is 0 Å². The molecule has 8 nitrogen and oxygen atoms in total. The summed E-state index contributed by atoms with van der Waals surface area (Å²) < 4.78 is 68.4. The molecular weight excluding hydrogens is 517 g/mol. The summed E-state index contributed by atoms with van der Waals surface area (Å²) >= 11 is 1.08. The van der Waals surface area contributed by atoms with Gasteiger partial charge in [0, 0.05) is 23.7 Å². The highest BCUT2D eigenvalue weighted by atomic mass is 32.2. The summed E-state index contributed by atoms with van der Waals surface area (Å²) in [6.07, 6.45) is -2.53. The quantitative estimate of drug-likeness (QED) is 0.524. The highest BCUT2D eigenvalue weighted by molar-refractivity contribution is 7.89. The van der Waals surface area contributed by atoms with Crippen molar-refractivity contribution in [3.63, 3.8) is 0 Å². The first kappa shape index (κ1) is 26.3. The summed E-state index contributed by atoms with van der Waals surface area (Å²) in [5.74, 6) is -0.418. The predicted molar refractivity (Wildman–Crippen MR) is 130 cm³/mol. The Balaban J connectivity index is 1.66. The Kier molecular flexibility index (Phi) is 7.01. The van der Waals surface area contributed by atoms with Gasteiger partial charge in [0.05, 0.1) is 17.3 Å². The van der Waals surface area contributed by atoms with Crippen LogP contribution in [0.3, 0.4) is 0 Å². The van der Waals surface area contributed by atoms with Gasteiger partial charge in [0.1, 0.15) is 16.3 Å². The summed E-state index contributed by atoms with van der Waals surface area (Å²) in [7, 11) is -3.99. The molecule has 3 aromatic rings. The second-order valence-corrected chi connectivity index (χ2v) is 12.3. The minimum Gasteiger partial charge on any atom is -0.325 e. The number of benzene rings is 1. The first-order valence-electron chi connectivity index (χ1n) is 11.2. The van der Waals surface area contributed by atoms with E-state index < -0.39 is 39.8 Å². The second kappa shape index (κ2) is 9.60. The molecule has 1 fully saturated rings. The smallest absolute Gasteiger partial charge is 0.325 e. The lowest BCUT2D eigenvalue weighted by Crippen LogP contribution is -2.42. The van der Waals surface area contributed by atoms with Gasteiger partial charge in [0.25, 0.3) is 5.56 Å².